The summed E-state index contributed by atoms with van der Waals surface area (Å²) in [6, 6.07) is 7.43. The molecule has 1 unspecified atom stereocenters. The number of halogens is 1. The van der Waals surface area contributed by atoms with E-state index in [4.69, 9.17) is 21.1 Å². The molecular formula is C24H34ClN3O6. The molecule has 5 atom stereocenters. The number of aliphatic hydroxyl groups excluding tert-OH is 1. The molecule has 0 saturated carbocycles. The fourth-order valence-electron chi connectivity index (χ4n) is 4.12. The van der Waals surface area contributed by atoms with Crippen molar-refractivity contribution in [1.29, 1.82) is 0 Å². The van der Waals surface area contributed by atoms with E-state index in [0.29, 0.717) is 19.6 Å². The number of amides is 3. The molecule has 0 radical (unpaired) electrons. The molecule has 3 amide bonds. The number of nitrogens with one attached hydrogen (secondary N) is 2. The van der Waals surface area contributed by atoms with Crippen LogP contribution in [0, 0.1) is 0 Å². The van der Waals surface area contributed by atoms with Gasteiger partial charge in [-0.25, -0.2) is 4.79 Å². The zero-order valence-electron chi connectivity index (χ0n) is 19.8. The molecule has 34 heavy (non-hydrogen) atoms. The van der Waals surface area contributed by atoms with Gasteiger partial charge in [-0.15, -0.1) is 11.6 Å². The van der Waals surface area contributed by atoms with Gasteiger partial charge in [0.05, 0.1) is 24.6 Å². The lowest BCUT2D eigenvalue weighted by molar-refractivity contribution is -0.146. The van der Waals surface area contributed by atoms with Gasteiger partial charge >= 0.3 is 6.09 Å². The van der Waals surface area contributed by atoms with E-state index in [9.17, 15) is 19.5 Å². The monoisotopic (exact) mass is 495 g/mol. The van der Waals surface area contributed by atoms with E-state index < -0.39 is 41.1 Å². The van der Waals surface area contributed by atoms with Crippen LogP contribution in [0.4, 0.5) is 4.79 Å². The number of carbonyl (C=O) groups excluding carboxylic acids is 3. The second kappa shape index (κ2) is 11.4. The molecule has 2 saturated heterocycles. The van der Waals surface area contributed by atoms with Crippen molar-refractivity contribution >= 4 is 29.5 Å². The van der Waals surface area contributed by atoms with Crippen LogP contribution in [0.2, 0.25) is 0 Å². The van der Waals surface area contributed by atoms with Crippen molar-refractivity contribution < 1.29 is 29.0 Å². The average molecular weight is 496 g/mol. The van der Waals surface area contributed by atoms with Crippen molar-refractivity contribution in [3.05, 3.63) is 35.9 Å². The Morgan fingerprint density at radius 3 is 2.59 bits per heavy atom. The van der Waals surface area contributed by atoms with Crippen LogP contribution in [0.25, 0.3) is 0 Å². The molecule has 1 aromatic carbocycles. The standard InChI is InChI=1S/C24H34ClN3O6/c1-24(2,3)27-21(30)19-12-16(25)13-28(19)22(31)20(29)18(11-15-7-5-4-6-8-15)26-23(32)34-17-9-10-33-14-17/h4-8,16-20,29H,9-14H2,1-3H3,(H,26,32)(H,27,30)/t16-,17?,18-,19-,20-/m0/s1. The van der Waals surface area contributed by atoms with Crippen LogP contribution in [0.3, 0.4) is 0 Å². The van der Waals surface area contributed by atoms with Gasteiger partial charge in [0.1, 0.15) is 12.1 Å². The number of alkyl carbamates (subject to hydrolysis) is 1. The third kappa shape index (κ3) is 7.32. The Labute approximate surface area is 205 Å². The van der Waals surface area contributed by atoms with Crippen molar-refractivity contribution in [1.82, 2.24) is 15.5 Å². The first-order valence-electron chi connectivity index (χ1n) is 11.6. The van der Waals surface area contributed by atoms with Gasteiger partial charge in [-0.3, -0.25) is 9.59 Å². The minimum Gasteiger partial charge on any atom is -0.444 e. The van der Waals surface area contributed by atoms with E-state index >= 15 is 0 Å². The summed E-state index contributed by atoms with van der Waals surface area (Å²) in [5.74, 6) is -0.993. The first kappa shape index (κ1) is 26.2. The van der Waals surface area contributed by atoms with Crippen LogP contribution in [-0.2, 0) is 25.5 Å². The zero-order chi connectivity index (χ0) is 24.9. The van der Waals surface area contributed by atoms with E-state index in [2.05, 4.69) is 10.6 Å². The highest BCUT2D eigenvalue weighted by Crippen LogP contribution is 2.25. The summed E-state index contributed by atoms with van der Waals surface area (Å²) in [6.07, 6.45) is -1.63. The predicted molar refractivity (Wildman–Crippen MR) is 126 cm³/mol. The van der Waals surface area contributed by atoms with Crippen molar-refractivity contribution in [2.45, 2.75) is 75.2 Å². The highest BCUT2D eigenvalue weighted by Gasteiger charge is 2.43. The van der Waals surface area contributed by atoms with E-state index in [1.54, 1.807) is 0 Å². The van der Waals surface area contributed by atoms with E-state index in [1.807, 2.05) is 51.1 Å². The number of likely N-dealkylation sites (tertiary alicyclic amines) is 1. The number of ether oxygens (including phenoxy) is 2. The molecule has 9 nitrogen and oxygen atoms in total. The summed E-state index contributed by atoms with van der Waals surface area (Å²) in [5.41, 5.74) is 0.336. The molecule has 2 fully saturated rings. The van der Waals surface area contributed by atoms with Crippen LogP contribution in [-0.4, -0.2) is 82.9 Å². The molecule has 188 valence electrons. The predicted octanol–water partition coefficient (Wildman–Crippen LogP) is 1.60. The number of carbonyl (C=O) groups is 3. The molecule has 3 N–H and O–H groups in total. The number of hydrogen-bond acceptors (Lipinski definition) is 6. The van der Waals surface area contributed by atoms with Crippen LogP contribution in [0.15, 0.2) is 30.3 Å². The SMILES string of the molecule is CC(C)(C)NC(=O)[C@@H]1C[C@H](Cl)CN1C(=O)[C@@H](O)[C@H](Cc1ccccc1)NC(=O)OC1CCOC1. The largest absolute Gasteiger partial charge is 0.444 e. The lowest BCUT2D eigenvalue weighted by Crippen LogP contribution is -2.57. The summed E-state index contributed by atoms with van der Waals surface area (Å²) in [6.45, 7) is 6.49. The molecule has 0 spiro atoms. The first-order valence-corrected chi connectivity index (χ1v) is 12.0. The van der Waals surface area contributed by atoms with Crippen molar-refractivity contribution in [2.24, 2.45) is 0 Å². The quantitative estimate of drug-likeness (QED) is 0.495. The molecule has 0 aliphatic carbocycles. The molecular weight excluding hydrogens is 462 g/mol. The smallest absolute Gasteiger partial charge is 0.407 e. The second-order valence-electron chi connectivity index (χ2n) is 9.85. The highest BCUT2D eigenvalue weighted by molar-refractivity contribution is 6.21. The Bertz CT molecular complexity index is 856. The zero-order valence-corrected chi connectivity index (χ0v) is 20.6. The van der Waals surface area contributed by atoms with Gasteiger partial charge in [0.25, 0.3) is 5.91 Å². The minimum atomic E-state index is -1.60. The lowest BCUT2D eigenvalue weighted by atomic mass is 10.00. The van der Waals surface area contributed by atoms with Crippen molar-refractivity contribution in [3.63, 3.8) is 0 Å². The summed E-state index contributed by atoms with van der Waals surface area (Å²) in [7, 11) is 0. The third-order valence-electron chi connectivity index (χ3n) is 5.73. The Kier molecular flexibility index (Phi) is 8.78. The fraction of sp³-hybridized carbons (Fsp3) is 0.625. The van der Waals surface area contributed by atoms with Crippen LogP contribution in [0.5, 0.6) is 0 Å². The van der Waals surface area contributed by atoms with Gasteiger partial charge < -0.3 is 30.1 Å². The average Bonchev–Trinajstić information content (AvgIpc) is 3.41. The summed E-state index contributed by atoms with van der Waals surface area (Å²) in [4.78, 5) is 40.0. The summed E-state index contributed by atoms with van der Waals surface area (Å²) < 4.78 is 10.6. The molecule has 3 rings (SSSR count). The van der Waals surface area contributed by atoms with E-state index in [-0.39, 0.29) is 31.4 Å². The number of aliphatic hydroxyl groups is 1. The van der Waals surface area contributed by atoms with Crippen LogP contribution in [0.1, 0.15) is 39.2 Å². The van der Waals surface area contributed by atoms with Gasteiger partial charge in [0, 0.05) is 18.5 Å². The first-order chi connectivity index (χ1) is 16.0. The molecule has 2 heterocycles. The maximum absolute atomic E-state index is 13.4. The summed E-state index contributed by atoms with van der Waals surface area (Å²) in [5, 5.41) is 16.2. The number of nitrogens with zero attached hydrogens (tertiary/aromatic N) is 1. The van der Waals surface area contributed by atoms with Gasteiger partial charge in [0.15, 0.2) is 6.10 Å². The van der Waals surface area contributed by atoms with E-state index in [1.165, 1.54) is 4.90 Å². The second-order valence-corrected chi connectivity index (χ2v) is 10.5. The minimum absolute atomic E-state index is 0.127. The highest BCUT2D eigenvalue weighted by atomic mass is 35.5. The summed E-state index contributed by atoms with van der Waals surface area (Å²) >= 11 is 6.30. The molecule has 2 aliphatic rings. The number of alkyl halides is 1. The molecule has 10 heteroatoms. The van der Waals surface area contributed by atoms with Gasteiger partial charge in [-0.2, -0.15) is 0 Å². The Morgan fingerprint density at radius 1 is 1.26 bits per heavy atom. The van der Waals surface area contributed by atoms with E-state index in [0.717, 1.165) is 5.56 Å². The number of hydrogen-bond donors (Lipinski definition) is 3. The lowest BCUT2D eigenvalue weighted by Gasteiger charge is -2.31. The maximum atomic E-state index is 13.4. The molecule has 1 aromatic rings. The molecule has 0 bridgehead atoms. The van der Waals surface area contributed by atoms with Crippen molar-refractivity contribution in [3.8, 4) is 0 Å². The normalized spacial score (nSPS) is 24.4. The Balaban J connectivity index is 1.74. The molecule has 0 aromatic heterocycles. The Hall–Kier alpha value is -2.36. The van der Waals surface area contributed by atoms with Gasteiger partial charge in [-0.05, 0) is 39.2 Å². The molecule has 2 aliphatic heterocycles. The van der Waals surface area contributed by atoms with Crippen LogP contribution < -0.4 is 10.6 Å². The Morgan fingerprint density at radius 2 is 1.97 bits per heavy atom. The van der Waals surface area contributed by atoms with Crippen LogP contribution >= 0.6 is 11.6 Å². The topological polar surface area (TPSA) is 117 Å². The maximum Gasteiger partial charge on any atom is 0.407 e. The van der Waals surface area contributed by atoms with Gasteiger partial charge in [0.2, 0.25) is 5.91 Å². The van der Waals surface area contributed by atoms with Gasteiger partial charge in [-0.1, -0.05) is 30.3 Å². The number of rotatable bonds is 7. The number of benzene rings is 1. The third-order valence-corrected chi connectivity index (χ3v) is 6.05. The van der Waals surface area contributed by atoms with Crippen molar-refractivity contribution in [2.75, 3.05) is 19.8 Å². The fourth-order valence-corrected chi connectivity index (χ4v) is 4.44.